The molecule has 0 aliphatic rings. The summed E-state index contributed by atoms with van der Waals surface area (Å²) in [5.41, 5.74) is 5.32. The van der Waals surface area contributed by atoms with Gasteiger partial charge in [-0.05, 0) is 111 Å². The number of hydrogen-bond acceptors (Lipinski definition) is 4. The van der Waals surface area contributed by atoms with E-state index >= 15 is 0 Å². The van der Waals surface area contributed by atoms with Gasteiger partial charge < -0.3 is 10.2 Å². The summed E-state index contributed by atoms with van der Waals surface area (Å²) in [4.78, 5) is 8.99. The lowest BCUT2D eigenvalue weighted by Gasteiger charge is -2.05. The van der Waals surface area contributed by atoms with Crippen LogP contribution in [0.2, 0.25) is 0 Å². The van der Waals surface area contributed by atoms with E-state index in [0.29, 0.717) is 11.1 Å². The summed E-state index contributed by atoms with van der Waals surface area (Å²) < 4.78 is 3.33. The van der Waals surface area contributed by atoms with Crippen LogP contribution in [-0.2, 0) is 6.42 Å². The molecule has 0 saturated carbocycles. The van der Waals surface area contributed by atoms with Crippen molar-refractivity contribution in [3.63, 3.8) is 0 Å². The molecule has 0 spiro atoms. The third-order valence-electron chi connectivity index (χ3n) is 5.10. The molecule has 0 radical (unpaired) electrons. The van der Waals surface area contributed by atoms with Gasteiger partial charge in [-0.25, -0.2) is 0 Å². The Morgan fingerprint density at radius 2 is 1.00 bits per heavy atom. The third kappa shape index (κ3) is 7.14. The Labute approximate surface area is 247 Å². The van der Waals surface area contributed by atoms with Gasteiger partial charge in [-0.15, -0.1) is 0 Å². The van der Waals surface area contributed by atoms with Gasteiger partial charge >= 0.3 is 0 Å². The van der Waals surface area contributed by atoms with Crippen LogP contribution in [0.5, 0.6) is 11.5 Å². The molecule has 4 nitrogen and oxygen atoms in total. The Bertz CT molecular complexity index is 1310. The van der Waals surface area contributed by atoms with Crippen LogP contribution in [0.4, 0.5) is 11.4 Å². The quantitative estimate of drug-likeness (QED) is 0.151. The second-order valence-corrected chi connectivity index (χ2v) is 11.8. The van der Waals surface area contributed by atoms with Gasteiger partial charge in [0.25, 0.3) is 0 Å². The van der Waals surface area contributed by atoms with Gasteiger partial charge in [0.1, 0.15) is 11.5 Å². The average Bonchev–Trinajstić information content (AvgIpc) is 2.83. The third-order valence-corrected chi connectivity index (χ3v) is 7.66. The van der Waals surface area contributed by atoms with Crippen molar-refractivity contribution in [2.24, 2.45) is 9.98 Å². The molecule has 0 aromatic heterocycles. The number of phenols is 2. The molecule has 0 bridgehead atoms. The van der Waals surface area contributed by atoms with Crippen LogP contribution in [0.15, 0.2) is 91.7 Å². The zero-order valence-electron chi connectivity index (χ0n) is 18.1. The number of halogens is 4. The second-order valence-electron chi connectivity index (χ2n) is 7.68. The normalized spacial score (nSPS) is 11.5. The molecule has 0 heterocycles. The molecule has 0 fully saturated rings. The van der Waals surface area contributed by atoms with E-state index < -0.39 is 0 Å². The minimum Gasteiger partial charge on any atom is -0.506 e. The minimum absolute atomic E-state index is 0.227. The van der Waals surface area contributed by atoms with Crippen LogP contribution in [0.1, 0.15) is 22.3 Å². The van der Waals surface area contributed by atoms with Crippen molar-refractivity contribution in [3.8, 4) is 11.5 Å². The highest BCUT2D eigenvalue weighted by Gasteiger charge is 2.06. The fraction of sp³-hybridized carbons (Fsp3) is 0.0370. The zero-order chi connectivity index (χ0) is 24.9. The van der Waals surface area contributed by atoms with E-state index in [2.05, 4.69) is 111 Å². The predicted molar refractivity (Wildman–Crippen MR) is 167 cm³/mol. The van der Waals surface area contributed by atoms with E-state index in [1.165, 1.54) is 11.1 Å². The lowest BCUT2D eigenvalue weighted by molar-refractivity contribution is 0.470. The van der Waals surface area contributed by atoms with Crippen molar-refractivity contribution in [2.45, 2.75) is 6.42 Å². The monoisotopic (exact) mass is 814 g/mol. The fourth-order valence-corrected chi connectivity index (χ4v) is 6.39. The maximum absolute atomic E-state index is 10.2. The molecular weight excluding hydrogens is 798 g/mol. The van der Waals surface area contributed by atoms with Gasteiger partial charge in [-0.1, -0.05) is 56.1 Å². The largest absolute Gasteiger partial charge is 0.506 e. The van der Waals surface area contributed by atoms with Crippen LogP contribution in [0, 0.1) is 7.14 Å². The minimum atomic E-state index is 0.227. The lowest BCUT2D eigenvalue weighted by Crippen LogP contribution is -1.88. The molecule has 4 aromatic carbocycles. The number of aromatic hydroxyl groups is 2. The van der Waals surface area contributed by atoms with Crippen LogP contribution < -0.4 is 0 Å². The van der Waals surface area contributed by atoms with Crippen molar-refractivity contribution >= 4 is 101 Å². The molecule has 2 N–H and O–H groups in total. The molecule has 176 valence electrons. The number of hydrogen-bond donors (Lipinski definition) is 2. The Morgan fingerprint density at radius 1 is 0.629 bits per heavy atom. The SMILES string of the molecule is Oc1c(I)cc(Br)cc1C=Nc1ccc(Cc2ccc(N=Cc3cc(Br)cc(I)c3O)cc2)cc1. The maximum Gasteiger partial charge on any atom is 0.137 e. The molecule has 0 unspecified atom stereocenters. The van der Waals surface area contributed by atoms with Gasteiger partial charge in [0.2, 0.25) is 0 Å². The molecule has 0 saturated heterocycles. The van der Waals surface area contributed by atoms with Crippen molar-refractivity contribution in [1.82, 2.24) is 0 Å². The van der Waals surface area contributed by atoms with Crippen molar-refractivity contribution in [1.29, 1.82) is 0 Å². The Morgan fingerprint density at radius 3 is 1.37 bits per heavy atom. The Balaban J connectivity index is 1.40. The van der Waals surface area contributed by atoms with Gasteiger partial charge in [-0.2, -0.15) is 0 Å². The van der Waals surface area contributed by atoms with Crippen molar-refractivity contribution < 1.29 is 10.2 Å². The number of rotatable bonds is 6. The van der Waals surface area contributed by atoms with Gasteiger partial charge in [-0.3, -0.25) is 9.98 Å². The smallest absolute Gasteiger partial charge is 0.137 e. The number of phenolic OH excluding ortho intramolecular Hbond substituents is 2. The first kappa shape index (κ1) is 26.3. The highest BCUT2D eigenvalue weighted by molar-refractivity contribution is 14.1. The molecule has 8 heteroatoms. The first-order valence-corrected chi connectivity index (χ1v) is 14.1. The highest BCUT2D eigenvalue weighted by atomic mass is 127. The first-order valence-electron chi connectivity index (χ1n) is 10.4. The fourth-order valence-electron chi connectivity index (χ4n) is 3.29. The van der Waals surface area contributed by atoms with E-state index in [1.807, 2.05) is 48.5 Å². The van der Waals surface area contributed by atoms with E-state index in [9.17, 15) is 10.2 Å². The van der Waals surface area contributed by atoms with Crippen molar-refractivity contribution in [2.75, 3.05) is 0 Å². The summed E-state index contributed by atoms with van der Waals surface area (Å²) in [6, 6.07) is 23.5. The summed E-state index contributed by atoms with van der Waals surface area (Å²) in [5, 5.41) is 20.4. The van der Waals surface area contributed by atoms with Crippen LogP contribution in [0.3, 0.4) is 0 Å². The van der Waals surface area contributed by atoms with Gasteiger partial charge in [0.15, 0.2) is 0 Å². The number of nitrogens with zero attached hydrogens (tertiary/aromatic N) is 2. The van der Waals surface area contributed by atoms with Gasteiger partial charge in [0.05, 0.1) is 18.5 Å². The summed E-state index contributed by atoms with van der Waals surface area (Å²) in [5.74, 6) is 0.454. The van der Waals surface area contributed by atoms with Crippen LogP contribution >= 0.6 is 77.0 Å². The molecule has 4 aromatic rings. The number of aliphatic imine (C=N–C) groups is 2. The van der Waals surface area contributed by atoms with Gasteiger partial charge in [0, 0.05) is 32.5 Å². The topological polar surface area (TPSA) is 65.2 Å². The van der Waals surface area contributed by atoms with Crippen molar-refractivity contribution in [3.05, 3.63) is 111 Å². The molecular formula is C27H18Br2I2N2O2. The van der Waals surface area contributed by atoms with E-state index in [0.717, 1.165) is 33.9 Å². The van der Waals surface area contributed by atoms with E-state index in [4.69, 9.17) is 0 Å². The Kier molecular flexibility index (Phi) is 9.01. The predicted octanol–water partition coefficient (Wildman–Crippen LogP) is 8.92. The second kappa shape index (κ2) is 12.0. The lowest BCUT2D eigenvalue weighted by atomic mass is 10.0. The van der Waals surface area contributed by atoms with Crippen LogP contribution in [0.25, 0.3) is 0 Å². The van der Waals surface area contributed by atoms with Crippen LogP contribution in [-0.4, -0.2) is 22.6 Å². The first-order chi connectivity index (χ1) is 16.8. The van der Waals surface area contributed by atoms with E-state index in [-0.39, 0.29) is 11.5 Å². The molecule has 0 aliphatic heterocycles. The molecule has 35 heavy (non-hydrogen) atoms. The molecule has 0 aliphatic carbocycles. The van der Waals surface area contributed by atoms with E-state index in [1.54, 1.807) is 12.4 Å². The summed E-state index contributed by atoms with van der Waals surface area (Å²) in [7, 11) is 0. The maximum atomic E-state index is 10.2. The Hall–Kier alpha value is -1.76. The highest BCUT2D eigenvalue weighted by Crippen LogP contribution is 2.29. The zero-order valence-corrected chi connectivity index (χ0v) is 25.6. The summed E-state index contributed by atoms with van der Waals surface area (Å²) in [6.45, 7) is 0. The number of benzene rings is 4. The molecule has 0 atom stereocenters. The standard InChI is InChI=1S/C27H18Br2I2N2O2/c28-20-10-18(26(34)24(30)12-20)14-32-22-5-1-16(2-6-22)9-17-3-7-23(8-4-17)33-15-19-11-21(29)13-25(31)27(19)35/h1-8,10-15,34-35H,9H2. The summed E-state index contributed by atoms with van der Waals surface area (Å²) >= 11 is 11.1. The summed E-state index contributed by atoms with van der Waals surface area (Å²) in [6.07, 6.45) is 4.14. The average molecular weight is 816 g/mol. The molecule has 0 amide bonds. The molecule has 4 rings (SSSR count).